The van der Waals surface area contributed by atoms with E-state index < -0.39 is 0 Å². The highest BCUT2D eigenvalue weighted by atomic mass is 16.2. The number of carbonyl (C=O) groups is 1. The molecule has 32 heavy (non-hydrogen) atoms. The molecular formula is C22H23N9O. The maximum absolute atomic E-state index is 12.9. The minimum atomic E-state index is -0.113. The third-order valence-electron chi connectivity index (χ3n) is 5.45. The Labute approximate surface area is 185 Å². The number of amides is 1. The smallest absolute Gasteiger partial charge is 0.276 e. The molecular weight excluding hydrogens is 406 g/mol. The molecule has 0 spiro atoms. The van der Waals surface area contributed by atoms with Crippen LogP contribution in [0.5, 0.6) is 0 Å². The van der Waals surface area contributed by atoms with E-state index in [2.05, 4.69) is 30.4 Å². The summed E-state index contributed by atoms with van der Waals surface area (Å²) in [4.78, 5) is 18.3. The molecule has 1 fully saturated rings. The first-order chi connectivity index (χ1) is 15.6. The monoisotopic (exact) mass is 429 g/mol. The van der Waals surface area contributed by atoms with Crippen LogP contribution >= 0.6 is 0 Å². The van der Waals surface area contributed by atoms with Crippen molar-refractivity contribution < 1.29 is 4.79 Å². The Kier molecular flexibility index (Phi) is 5.10. The number of nitrogens with zero attached hydrogens (tertiary/aromatic N) is 9. The van der Waals surface area contributed by atoms with Crippen LogP contribution in [-0.2, 0) is 0 Å². The quantitative estimate of drug-likeness (QED) is 0.488. The van der Waals surface area contributed by atoms with Crippen LogP contribution in [0.4, 0.5) is 5.82 Å². The zero-order valence-corrected chi connectivity index (χ0v) is 18.0. The summed E-state index contributed by atoms with van der Waals surface area (Å²) in [5, 5.41) is 21.7. The lowest BCUT2D eigenvalue weighted by Gasteiger charge is -2.34. The number of aromatic nitrogens is 7. The minimum absolute atomic E-state index is 0.113. The maximum atomic E-state index is 12.9. The van der Waals surface area contributed by atoms with Crippen molar-refractivity contribution in [2.24, 2.45) is 0 Å². The average Bonchev–Trinajstić information content (AvgIpc) is 3.46. The molecule has 4 heterocycles. The van der Waals surface area contributed by atoms with Crippen molar-refractivity contribution in [3.63, 3.8) is 0 Å². The van der Waals surface area contributed by atoms with E-state index in [4.69, 9.17) is 0 Å². The number of rotatable bonds is 4. The topological polar surface area (TPSA) is 97.9 Å². The van der Waals surface area contributed by atoms with Gasteiger partial charge < -0.3 is 9.80 Å². The third kappa shape index (κ3) is 3.82. The third-order valence-corrected chi connectivity index (χ3v) is 5.45. The number of hydrogen-bond acceptors (Lipinski definition) is 7. The molecule has 3 aromatic heterocycles. The van der Waals surface area contributed by atoms with Gasteiger partial charge in [-0.1, -0.05) is 18.2 Å². The van der Waals surface area contributed by atoms with Gasteiger partial charge in [0.25, 0.3) is 5.91 Å². The second kappa shape index (κ2) is 8.22. The summed E-state index contributed by atoms with van der Waals surface area (Å²) in [5.74, 6) is 1.37. The molecule has 0 saturated carbocycles. The number of carbonyl (C=O) groups excluding carboxylic acids is 1. The van der Waals surface area contributed by atoms with Gasteiger partial charge in [0, 0.05) is 31.9 Å². The molecule has 10 heteroatoms. The Morgan fingerprint density at radius 2 is 1.59 bits per heavy atom. The molecule has 0 unspecified atom stereocenters. The first-order valence-electron chi connectivity index (χ1n) is 10.5. The number of piperazine rings is 1. The van der Waals surface area contributed by atoms with Crippen LogP contribution in [0.2, 0.25) is 0 Å². The molecule has 10 nitrogen and oxygen atoms in total. The maximum Gasteiger partial charge on any atom is 0.276 e. The van der Waals surface area contributed by atoms with Gasteiger partial charge in [0.15, 0.2) is 17.3 Å². The van der Waals surface area contributed by atoms with E-state index in [1.54, 1.807) is 9.58 Å². The molecule has 1 aliphatic heterocycles. The van der Waals surface area contributed by atoms with Gasteiger partial charge in [-0.15, -0.1) is 15.3 Å². The standard InChI is InChI=1S/C22H23N9O/c1-16-14-17(2)30(26-16)21-9-8-20(24-25-21)28-10-12-29(13-11-28)22(32)19-15-23-31(27-19)18-6-4-3-5-7-18/h3-9,14-15H,10-13H2,1-2H3. The predicted octanol–water partition coefficient (Wildman–Crippen LogP) is 1.82. The lowest BCUT2D eigenvalue weighted by atomic mass is 10.3. The second-order valence-electron chi connectivity index (χ2n) is 7.72. The molecule has 1 aliphatic rings. The van der Waals surface area contributed by atoms with Gasteiger partial charge in [-0.05, 0) is 44.2 Å². The minimum Gasteiger partial charge on any atom is -0.352 e. The van der Waals surface area contributed by atoms with Crippen LogP contribution < -0.4 is 4.90 Å². The van der Waals surface area contributed by atoms with Crippen LogP contribution in [0.15, 0.2) is 54.7 Å². The molecule has 0 atom stereocenters. The second-order valence-corrected chi connectivity index (χ2v) is 7.72. The first kappa shape index (κ1) is 19.9. The highest BCUT2D eigenvalue weighted by molar-refractivity contribution is 5.92. The lowest BCUT2D eigenvalue weighted by molar-refractivity contribution is 0.0740. The van der Waals surface area contributed by atoms with Gasteiger partial charge in [-0.2, -0.15) is 15.0 Å². The van der Waals surface area contributed by atoms with Crippen molar-refractivity contribution in [2.45, 2.75) is 13.8 Å². The lowest BCUT2D eigenvalue weighted by Crippen LogP contribution is -2.49. The average molecular weight is 429 g/mol. The molecule has 0 radical (unpaired) electrons. The zero-order valence-electron chi connectivity index (χ0n) is 18.0. The SMILES string of the molecule is Cc1cc(C)n(-c2ccc(N3CCN(C(=O)c4cnn(-c5ccccc5)n4)CC3)nn2)n1. The normalized spacial score (nSPS) is 14.1. The molecule has 0 aliphatic carbocycles. The zero-order chi connectivity index (χ0) is 22.1. The number of anilines is 1. The van der Waals surface area contributed by atoms with E-state index in [1.165, 1.54) is 11.0 Å². The van der Waals surface area contributed by atoms with E-state index in [0.29, 0.717) is 37.7 Å². The van der Waals surface area contributed by atoms with Crippen LogP contribution in [0, 0.1) is 13.8 Å². The molecule has 5 rings (SSSR count). The van der Waals surface area contributed by atoms with Crippen molar-refractivity contribution in [3.05, 3.63) is 71.8 Å². The molecule has 162 valence electrons. The fourth-order valence-corrected chi connectivity index (χ4v) is 3.81. The summed E-state index contributed by atoms with van der Waals surface area (Å²) in [6.45, 7) is 6.45. The molecule has 1 aromatic carbocycles. The number of hydrogen-bond donors (Lipinski definition) is 0. The van der Waals surface area contributed by atoms with E-state index in [-0.39, 0.29) is 5.91 Å². The summed E-state index contributed by atoms with van der Waals surface area (Å²) in [5.41, 5.74) is 3.12. The summed E-state index contributed by atoms with van der Waals surface area (Å²) in [6.07, 6.45) is 1.52. The fraction of sp³-hybridized carbons (Fsp3) is 0.273. The Bertz CT molecular complexity index is 1220. The van der Waals surface area contributed by atoms with Crippen molar-refractivity contribution in [2.75, 3.05) is 31.1 Å². The van der Waals surface area contributed by atoms with Crippen LogP contribution in [0.3, 0.4) is 0 Å². The Hall–Kier alpha value is -4.08. The van der Waals surface area contributed by atoms with Gasteiger partial charge in [0.1, 0.15) is 0 Å². The first-order valence-corrected chi connectivity index (χ1v) is 10.5. The molecule has 0 N–H and O–H groups in total. The summed E-state index contributed by atoms with van der Waals surface area (Å²) < 4.78 is 1.78. The van der Waals surface area contributed by atoms with Gasteiger partial charge in [0.2, 0.25) is 0 Å². The summed E-state index contributed by atoms with van der Waals surface area (Å²) in [6, 6.07) is 15.4. The van der Waals surface area contributed by atoms with Gasteiger partial charge in [0.05, 0.1) is 17.6 Å². The van der Waals surface area contributed by atoms with E-state index in [1.807, 2.05) is 62.4 Å². The van der Waals surface area contributed by atoms with E-state index in [9.17, 15) is 4.79 Å². The molecule has 1 amide bonds. The van der Waals surface area contributed by atoms with Crippen LogP contribution in [-0.4, -0.2) is 72.0 Å². The Balaban J connectivity index is 1.22. The van der Waals surface area contributed by atoms with Gasteiger partial charge >= 0.3 is 0 Å². The summed E-state index contributed by atoms with van der Waals surface area (Å²) in [7, 11) is 0. The fourth-order valence-electron chi connectivity index (χ4n) is 3.81. The number of aryl methyl sites for hydroxylation is 2. The number of para-hydroxylation sites is 1. The molecule has 4 aromatic rings. The number of benzene rings is 1. The summed E-state index contributed by atoms with van der Waals surface area (Å²) >= 11 is 0. The highest BCUT2D eigenvalue weighted by Gasteiger charge is 2.25. The van der Waals surface area contributed by atoms with Crippen LogP contribution in [0.25, 0.3) is 11.5 Å². The van der Waals surface area contributed by atoms with Gasteiger partial charge in [-0.3, -0.25) is 4.79 Å². The van der Waals surface area contributed by atoms with Crippen molar-refractivity contribution in [3.8, 4) is 11.5 Å². The van der Waals surface area contributed by atoms with Crippen molar-refractivity contribution in [1.29, 1.82) is 0 Å². The molecule has 0 bridgehead atoms. The van der Waals surface area contributed by atoms with Crippen LogP contribution in [0.1, 0.15) is 21.9 Å². The largest absolute Gasteiger partial charge is 0.352 e. The highest BCUT2D eigenvalue weighted by Crippen LogP contribution is 2.16. The van der Waals surface area contributed by atoms with Crippen molar-refractivity contribution >= 4 is 11.7 Å². The predicted molar refractivity (Wildman–Crippen MR) is 118 cm³/mol. The van der Waals surface area contributed by atoms with Crippen molar-refractivity contribution in [1.82, 2.24) is 39.9 Å². The Morgan fingerprint density at radius 3 is 2.25 bits per heavy atom. The van der Waals surface area contributed by atoms with Gasteiger partial charge in [-0.25, -0.2) is 4.68 Å². The Morgan fingerprint density at radius 1 is 0.875 bits per heavy atom. The molecule has 1 saturated heterocycles. The van der Waals surface area contributed by atoms with E-state index in [0.717, 1.165) is 22.9 Å². The van der Waals surface area contributed by atoms with E-state index >= 15 is 0 Å².